The lowest BCUT2D eigenvalue weighted by molar-refractivity contribution is -0.137. The molecule has 1 aromatic rings. The molecule has 1 amide bonds. The van der Waals surface area contributed by atoms with E-state index in [1.54, 1.807) is 6.92 Å². The van der Waals surface area contributed by atoms with E-state index in [9.17, 15) is 18.0 Å². The molecule has 3 nitrogen and oxygen atoms in total. The summed E-state index contributed by atoms with van der Waals surface area (Å²) >= 11 is 1.05. The van der Waals surface area contributed by atoms with Crippen LogP contribution in [0.25, 0.3) is 0 Å². The van der Waals surface area contributed by atoms with Gasteiger partial charge in [0.15, 0.2) is 0 Å². The summed E-state index contributed by atoms with van der Waals surface area (Å²) in [5.41, 5.74) is -0.0606. The van der Waals surface area contributed by atoms with Gasteiger partial charge < -0.3 is 5.11 Å². The molecule has 100 valence electrons. The average molecular weight is 279 g/mol. The Labute approximate surface area is 107 Å². The molecular weight excluding hydrogens is 267 g/mol. The normalized spacial score (nSPS) is 11.3. The Balaban J connectivity index is 2.62. The van der Waals surface area contributed by atoms with Gasteiger partial charge in [0.1, 0.15) is 0 Å². The molecule has 0 spiro atoms. The molecule has 0 saturated heterocycles. The molecule has 0 bridgehead atoms. The second kappa shape index (κ2) is 5.99. The van der Waals surface area contributed by atoms with Crippen LogP contribution in [-0.2, 0) is 11.9 Å². The van der Waals surface area contributed by atoms with Crippen molar-refractivity contribution in [1.82, 2.24) is 4.31 Å². The van der Waals surface area contributed by atoms with Crippen molar-refractivity contribution in [3.63, 3.8) is 0 Å². The van der Waals surface area contributed by atoms with E-state index >= 15 is 0 Å². The Morgan fingerprint density at radius 2 is 1.89 bits per heavy atom. The van der Waals surface area contributed by atoms with E-state index in [1.165, 1.54) is 12.1 Å². The topological polar surface area (TPSA) is 40.5 Å². The summed E-state index contributed by atoms with van der Waals surface area (Å²) in [7, 11) is 0. The van der Waals surface area contributed by atoms with Gasteiger partial charge in [0.05, 0.1) is 5.56 Å². The molecule has 0 aromatic heterocycles. The highest BCUT2D eigenvalue weighted by atomic mass is 32.2. The fourth-order valence-electron chi connectivity index (χ4n) is 1.22. The molecule has 0 saturated carbocycles. The minimum atomic E-state index is -4.35. The number of benzene rings is 1. The molecule has 0 aliphatic carbocycles. The van der Waals surface area contributed by atoms with Crippen LogP contribution in [0.3, 0.4) is 0 Å². The summed E-state index contributed by atoms with van der Waals surface area (Å²) in [5.74, 6) is 0.318. The first-order valence-electron chi connectivity index (χ1n) is 5.14. The van der Waals surface area contributed by atoms with E-state index in [4.69, 9.17) is 5.11 Å². The number of rotatable bonds is 4. The molecule has 0 fully saturated rings. The first kappa shape index (κ1) is 14.7. The smallest absolute Gasteiger partial charge is 0.417 e. The van der Waals surface area contributed by atoms with Crippen LogP contribution in [-0.4, -0.2) is 22.0 Å². The van der Waals surface area contributed by atoms with Crippen molar-refractivity contribution in [3.8, 4) is 0 Å². The number of hydrogen-bond donors (Lipinski definition) is 1. The van der Waals surface area contributed by atoms with E-state index < -0.39 is 17.8 Å². The highest BCUT2D eigenvalue weighted by Gasteiger charge is 2.29. The molecule has 1 rings (SSSR count). The molecule has 7 heteroatoms. The zero-order valence-electron chi connectivity index (χ0n) is 9.57. The van der Waals surface area contributed by atoms with Gasteiger partial charge in [0.25, 0.3) is 0 Å². The zero-order valence-corrected chi connectivity index (χ0v) is 10.4. The van der Waals surface area contributed by atoms with Crippen LogP contribution in [0.4, 0.5) is 18.0 Å². The van der Waals surface area contributed by atoms with Gasteiger partial charge in [-0.3, -0.25) is 4.31 Å². The largest absolute Gasteiger partial charge is 0.464 e. The van der Waals surface area contributed by atoms with E-state index in [0.717, 1.165) is 28.4 Å². The third kappa shape index (κ3) is 4.14. The summed E-state index contributed by atoms with van der Waals surface area (Å²) in [6.45, 7) is 2.01. The maximum absolute atomic E-state index is 12.3. The van der Waals surface area contributed by atoms with Crippen molar-refractivity contribution < 1.29 is 23.1 Å². The fourth-order valence-corrected chi connectivity index (χ4v) is 2.01. The fraction of sp³-hybridized carbons (Fsp3) is 0.364. The van der Waals surface area contributed by atoms with Crippen LogP contribution in [0.2, 0.25) is 0 Å². The van der Waals surface area contributed by atoms with Gasteiger partial charge in [-0.1, -0.05) is 12.1 Å². The number of amides is 1. The lowest BCUT2D eigenvalue weighted by atomic mass is 10.1. The lowest BCUT2D eigenvalue weighted by Gasteiger charge is -2.15. The number of halogens is 3. The molecule has 0 radical (unpaired) electrons. The Morgan fingerprint density at radius 3 is 2.28 bits per heavy atom. The molecular formula is C11H12F3NO2S. The number of carbonyl (C=O) groups is 1. The van der Waals surface area contributed by atoms with E-state index in [0.29, 0.717) is 17.9 Å². The first-order valence-corrected chi connectivity index (χ1v) is 6.08. The van der Waals surface area contributed by atoms with Crippen molar-refractivity contribution in [2.45, 2.75) is 18.9 Å². The summed E-state index contributed by atoms with van der Waals surface area (Å²) in [4.78, 5) is 10.7. The van der Waals surface area contributed by atoms with Crippen molar-refractivity contribution in [1.29, 1.82) is 0 Å². The standard InChI is InChI=1S/C11H12F3NO2S/c1-2-15(10(16)17)18-7-8-3-5-9(6-4-8)11(12,13)14/h3-6H,2,7H2,1H3,(H,16,17). The maximum Gasteiger partial charge on any atom is 0.417 e. The third-order valence-electron chi connectivity index (χ3n) is 2.17. The van der Waals surface area contributed by atoms with Crippen LogP contribution < -0.4 is 0 Å². The maximum atomic E-state index is 12.3. The SMILES string of the molecule is CCN(SCc1ccc(C(F)(F)F)cc1)C(=O)O. The van der Waals surface area contributed by atoms with Crippen LogP contribution >= 0.6 is 11.9 Å². The van der Waals surface area contributed by atoms with E-state index in [1.807, 2.05) is 0 Å². The van der Waals surface area contributed by atoms with E-state index in [2.05, 4.69) is 0 Å². The van der Waals surface area contributed by atoms with Gasteiger partial charge in [-0.05, 0) is 36.6 Å². The number of carboxylic acid groups (broad SMARTS) is 1. The Morgan fingerprint density at radius 1 is 1.33 bits per heavy atom. The lowest BCUT2D eigenvalue weighted by Crippen LogP contribution is -2.21. The molecule has 0 atom stereocenters. The average Bonchev–Trinajstić information content (AvgIpc) is 2.29. The molecule has 0 aliphatic heterocycles. The molecule has 1 N–H and O–H groups in total. The Hall–Kier alpha value is -1.37. The second-order valence-corrected chi connectivity index (χ2v) is 4.43. The van der Waals surface area contributed by atoms with E-state index in [-0.39, 0.29) is 0 Å². The molecule has 0 heterocycles. The van der Waals surface area contributed by atoms with Gasteiger partial charge in [-0.2, -0.15) is 13.2 Å². The predicted molar refractivity (Wildman–Crippen MR) is 63.1 cm³/mol. The van der Waals surface area contributed by atoms with Crippen molar-refractivity contribution >= 4 is 18.0 Å². The predicted octanol–water partition coefficient (Wildman–Crippen LogP) is 3.85. The van der Waals surface area contributed by atoms with Gasteiger partial charge in [-0.15, -0.1) is 0 Å². The number of hydrogen-bond acceptors (Lipinski definition) is 2. The van der Waals surface area contributed by atoms with Gasteiger partial charge >= 0.3 is 12.3 Å². The third-order valence-corrected chi connectivity index (χ3v) is 3.36. The molecule has 0 unspecified atom stereocenters. The Kier molecular flexibility index (Phi) is 4.89. The van der Waals surface area contributed by atoms with Crippen molar-refractivity contribution in [2.75, 3.05) is 6.54 Å². The monoisotopic (exact) mass is 279 g/mol. The van der Waals surface area contributed by atoms with Crippen LogP contribution in [0.15, 0.2) is 24.3 Å². The van der Waals surface area contributed by atoms with Gasteiger partial charge in [0.2, 0.25) is 0 Å². The highest BCUT2D eigenvalue weighted by molar-refractivity contribution is 7.96. The summed E-state index contributed by atoms with van der Waals surface area (Å²) < 4.78 is 38.0. The number of nitrogens with zero attached hydrogens (tertiary/aromatic N) is 1. The Bertz CT molecular complexity index is 406. The zero-order chi connectivity index (χ0) is 13.8. The van der Waals surface area contributed by atoms with Gasteiger partial charge in [-0.25, -0.2) is 4.79 Å². The van der Waals surface area contributed by atoms with Crippen LogP contribution in [0.5, 0.6) is 0 Å². The number of alkyl halides is 3. The quantitative estimate of drug-likeness (QED) is 0.851. The first-order chi connectivity index (χ1) is 8.34. The minimum absolute atomic E-state index is 0.318. The van der Waals surface area contributed by atoms with Crippen molar-refractivity contribution in [2.24, 2.45) is 0 Å². The second-order valence-electron chi connectivity index (χ2n) is 3.45. The van der Waals surface area contributed by atoms with Crippen molar-refractivity contribution in [3.05, 3.63) is 35.4 Å². The highest BCUT2D eigenvalue weighted by Crippen LogP contribution is 2.29. The molecule has 0 aliphatic rings. The minimum Gasteiger partial charge on any atom is -0.464 e. The molecule has 1 aromatic carbocycles. The summed E-state index contributed by atoms with van der Waals surface area (Å²) in [6.07, 6.45) is -5.41. The van der Waals surface area contributed by atoms with Crippen LogP contribution in [0, 0.1) is 0 Å². The summed E-state index contributed by atoms with van der Waals surface area (Å²) in [5, 5.41) is 8.76. The molecule has 18 heavy (non-hydrogen) atoms. The van der Waals surface area contributed by atoms with Crippen LogP contribution in [0.1, 0.15) is 18.1 Å². The summed E-state index contributed by atoms with van der Waals surface area (Å²) in [6, 6.07) is 4.69. The van der Waals surface area contributed by atoms with Gasteiger partial charge in [0, 0.05) is 12.3 Å².